The quantitative estimate of drug-likeness (QED) is 0.357. The number of allylic oxidation sites excluding steroid dienone is 1. The highest BCUT2D eigenvalue weighted by Gasteiger charge is 2.47. The molecule has 2 saturated heterocycles. The highest BCUT2D eigenvalue weighted by Crippen LogP contribution is 2.32. The third-order valence-corrected chi connectivity index (χ3v) is 5.79. The molecule has 168 valence electrons. The van der Waals surface area contributed by atoms with Gasteiger partial charge in [0.2, 0.25) is 5.91 Å². The number of hydrogen-bond acceptors (Lipinski definition) is 8. The number of nitrogens with one attached hydrogen (secondary N) is 2. The predicted octanol–water partition coefficient (Wildman–Crippen LogP) is 0.624. The van der Waals surface area contributed by atoms with E-state index in [1.165, 1.54) is 7.11 Å². The first kappa shape index (κ1) is 24.6. The van der Waals surface area contributed by atoms with E-state index in [2.05, 4.69) is 31.4 Å². The van der Waals surface area contributed by atoms with E-state index in [0.29, 0.717) is 12.3 Å². The number of carbonyl (C=O) groups excluding carboxylic acids is 1. The maximum Gasteiger partial charge on any atom is 0.238 e. The third kappa shape index (κ3) is 7.20. The van der Waals surface area contributed by atoms with Crippen molar-refractivity contribution in [3.8, 4) is 0 Å². The summed E-state index contributed by atoms with van der Waals surface area (Å²) in [6.45, 7) is 10.3. The van der Waals surface area contributed by atoms with E-state index in [1.807, 2.05) is 12.2 Å². The molecule has 0 aromatic heterocycles. The molecule has 4 N–H and O–H groups in total. The second-order valence-electron chi connectivity index (χ2n) is 9.01. The molecule has 0 aromatic rings. The van der Waals surface area contributed by atoms with Crippen LogP contribution >= 0.6 is 11.8 Å². The highest BCUT2D eigenvalue weighted by atomic mass is 32.2. The van der Waals surface area contributed by atoms with Crippen molar-refractivity contribution in [2.45, 2.75) is 77.1 Å². The first-order valence-corrected chi connectivity index (χ1v) is 11.1. The van der Waals surface area contributed by atoms with Crippen LogP contribution < -0.4 is 10.6 Å². The van der Waals surface area contributed by atoms with Gasteiger partial charge in [0.25, 0.3) is 0 Å². The van der Waals surface area contributed by atoms with Crippen molar-refractivity contribution in [2.24, 2.45) is 5.41 Å². The number of thioether (sulfide) groups is 1. The summed E-state index contributed by atoms with van der Waals surface area (Å²) in [5.74, 6) is 0.219. The molecule has 0 bridgehead atoms. The van der Waals surface area contributed by atoms with Crippen molar-refractivity contribution < 1.29 is 29.2 Å². The zero-order valence-corrected chi connectivity index (χ0v) is 19.0. The van der Waals surface area contributed by atoms with Crippen molar-refractivity contribution in [3.05, 3.63) is 12.2 Å². The summed E-state index contributed by atoms with van der Waals surface area (Å²) in [4.78, 5) is 12.2. The molecule has 29 heavy (non-hydrogen) atoms. The fraction of sp³-hybridized carbons (Fsp3) is 0.850. The largest absolute Gasteiger partial charge is 0.387 e. The summed E-state index contributed by atoms with van der Waals surface area (Å²) in [5.41, 5.74) is -0.0761. The molecule has 0 aromatic carbocycles. The molecule has 6 atom stereocenters. The molecule has 0 radical (unpaired) electrons. The van der Waals surface area contributed by atoms with Gasteiger partial charge in [-0.25, -0.2) is 0 Å². The number of aliphatic hydroxyl groups is 2. The van der Waals surface area contributed by atoms with Gasteiger partial charge in [0.05, 0.1) is 6.04 Å². The lowest BCUT2D eigenvalue weighted by Crippen LogP contribution is -2.63. The molecule has 0 saturated carbocycles. The number of aliphatic hydroxyl groups excluding tert-OH is 2. The summed E-state index contributed by atoms with van der Waals surface area (Å²) in [5, 5.41) is 27.4. The Balaban J connectivity index is 2.15. The minimum Gasteiger partial charge on any atom is -0.387 e. The zero-order chi connectivity index (χ0) is 21.8. The van der Waals surface area contributed by atoms with Crippen LogP contribution in [0.2, 0.25) is 0 Å². The zero-order valence-electron chi connectivity index (χ0n) is 18.2. The number of methoxy groups -OCH3 is 1. The van der Waals surface area contributed by atoms with Crippen LogP contribution in [-0.2, 0) is 19.0 Å². The minimum atomic E-state index is -1.21. The Hall–Kier alpha value is -0.680. The van der Waals surface area contributed by atoms with Gasteiger partial charge in [-0.1, -0.05) is 32.9 Å². The first-order valence-electron chi connectivity index (χ1n) is 9.99. The van der Waals surface area contributed by atoms with Gasteiger partial charge in [-0.3, -0.25) is 10.1 Å². The van der Waals surface area contributed by atoms with Crippen molar-refractivity contribution in [2.75, 3.05) is 25.2 Å². The average Bonchev–Trinajstić information content (AvgIpc) is 2.80. The normalized spacial score (nSPS) is 33.2. The van der Waals surface area contributed by atoms with Crippen molar-refractivity contribution in [3.63, 3.8) is 0 Å². The van der Waals surface area contributed by atoms with Gasteiger partial charge in [-0.2, -0.15) is 11.8 Å². The molecule has 2 aliphatic heterocycles. The van der Waals surface area contributed by atoms with Crippen LogP contribution in [0.4, 0.5) is 0 Å². The van der Waals surface area contributed by atoms with Crippen molar-refractivity contribution >= 4 is 17.7 Å². The van der Waals surface area contributed by atoms with Crippen molar-refractivity contribution in [1.82, 2.24) is 10.6 Å². The van der Waals surface area contributed by atoms with Gasteiger partial charge in [-0.15, -0.1) is 0 Å². The van der Waals surface area contributed by atoms with E-state index in [-0.39, 0.29) is 11.3 Å². The Morgan fingerprint density at radius 1 is 1.38 bits per heavy atom. The Labute approximate surface area is 177 Å². The predicted molar refractivity (Wildman–Crippen MR) is 112 cm³/mol. The number of amides is 1. The summed E-state index contributed by atoms with van der Waals surface area (Å²) in [6, 6.07) is -0.559. The van der Waals surface area contributed by atoms with Crippen LogP contribution in [-0.4, -0.2) is 83.8 Å². The maximum absolute atomic E-state index is 12.2. The number of hydrogen-bond donors (Lipinski definition) is 4. The van der Waals surface area contributed by atoms with Crippen LogP contribution in [0.3, 0.4) is 0 Å². The van der Waals surface area contributed by atoms with E-state index in [4.69, 9.17) is 14.2 Å². The molecule has 9 heteroatoms. The van der Waals surface area contributed by atoms with E-state index < -0.39 is 42.5 Å². The molecule has 0 spiro atoms. The monoisotopic (exact) mass is 432 g/mol. The van der Waals surface area contributed by atoms with E-state index in [1.54, 1.807) is 25.6 Å². The molecule has 2 rings (SSSR count). The fourth-order valence-electron chi connectivity index (χ4n) is 3.32. The number of ether oxygens (including phenoxy) is 3. The topological polar surface area (TPSA) is 109 Å². The van der Waals surface area contributed by atoms with E-state index in [9.17, 15) is 15.0 Å². The van der Waals surface area contributed by atoms with Gasteiger partial charge >= 0.3 is 0 Å². The number of rotatable bonds is 6. The SMILES string of the molecule is CO[C@@H](C(O)NC1CSCCNC1=O)[C@@H]1OC(C)(C)O[C@H](/C=C/C(C)(C)C)[C@@H]1O. The van der Waals surface area contributed by atoms with Gasteiger partial charge in [0.15, 0.2) is 5.79 Å². The summed E-state index contributed by atoms with van der Waals surface area (Å²) < 4.78 is 17.3. The molecule has 2 heterocycles. The standard InChI is InChI=1S/C20H36N2O6S/c1-19(2,3)8-7-13-14(23)15(28-20(4,5)27-13)16(26-6)18(25)22-12-11-29-10-9-21-17(12)24/h7-8,12-16,18,22-23,25H,9-11H2,1-6H3,(H,21,24)/b8-7+/t12?,13-,14+,15-,16-,18?/m1/s1. The third-order valence-electron chi connectivity index (χ3n) is 4.72. The molecule has 2 fully saturated rings. The smallest absolute Gasteiger partial charge is 0.238 e. The van der Waals surface area contributed by atoms with E-state index >= 15 is 0 Å². The Kier molecular flexibility index (Phi) is 8.55. The Bertz CT molecular complexity index is 580. The van der Waals surface area contributed by atoms with Crippen molar-refractivity contribution in [1.29, 1.82) is 0 Å². The molecular weight excluding hydrogens is 396 g/mol. The molecule has 2 aliphatic rings. The molecule has 0 aliphatic carbocycles. The lowest BCUT2D eigenvalue weighted by atomic mass is 9.92. The Morgan fingerprint density at radius 2 is 2.07 bits per heavy atom. The summed E-state index contributed by atoms with van der Waals surface area (Å²) >= 11 is 1.63. The van der Waals surface area contributed by atoms with Gasteiger partial charge in [0.1, 0.15) is 30.6 Å². The van der Waals surface area contributed by atoms with Crippen LogP contribution in [0, 0.1) is 5.41 Å². The van der Waals surface area contributed by atoms with Gasteiger partial charge in [0, 0.05) is 25.2 Å². The maximum atomic E-state index is 12.2. The van der Waals surface area contributed by atoms with Crippen LogP contribution in [0.1, 0.15) is 34.6 Å². The Morgan fingerprint density at radius 3 is 2.69 bits per heavy atom. The highest BCUT2D eigenvalue weighted by molar-refractivity contribution is 7.99. The van der Waals surface area contributed by atoms with Gasteiger partial charge < -0.3 is 29.7 Å². The second kappa shape index (κ2) is 10.1. The van der Waals surface area contributed by atoms with Crippen LogP contribution in [0.25, 0.3) is 0 Å². The molecular formula is C20H36N2O6S. The lowest BCUT2D eigenvalue weighted by Gasteiger charge is -2.46. The minimum absolute atomic E-state index is 0.0761. The molecule has 1 amide bonds. The second-order valence-corrected chi connectivity index (χ2v) is 10.2. The van der Waals surface area contributed by atoms with Crippen LogP contribution in [0.5, 0.6) is 0 Å². The van der Waals surface area contributed by atoms with Crippen LogP contribution in [0.15, 0.2) is 12.2 Å². The van der Waals surface area contributed by atoms with Gasteiger partial charge in [-0.05, 0) is 19.3 Å². The lowest BCUT2D eigenvalue weighted by molar-refractivity contribution is -0.342. The fourth-order valence-corrected chi connectivity index (χ4v) is 4.22. The first-order chi connectivity index (χ1) is 13.4. The molecule has 2 unspecified atom stereocenters. The summed E-state index contributed by atoms with van der Waals surface area (Å²) in [7, 11) is 1.44. The molecule has 8 nitrogen and oxygen atoms in total. The average molecular weight is 433 g/mol. The van der Waals surface area contributed by atoms with E-state index in [0.717, 1.165) is 5.75 Å². The number of carbonyl (C=O) groups is 1. The summed E-state index contributed by atoms with van der Waals surface area (Å²) in [6.07, 6.45) is -0.852.